The van der Waals surface area contributed by atoms with Crippen molar-refractivity contribution in [1.82, 2.24) is 4.57 Å². The average molecular weight is 745 g/mol. The predicted molar refractivity (Wildman–Crippen MR) is 248 cm³/mol. The van der Waals surface area contributed by atoms with Gasteiger partial charge in [0.1, 0.15) is 0 Å². The van der Waals surface area contributed by atoms with Gasteiger partial charge in [0.25, 0.3) is 0 Å². The molecule has 0 saturated heterocycles. The van der Waals surface area contributed by atoms with Crippen LogP contribution in [-0.4, -0.2) is 4.57 Å². The van der Waals surface area contributed by atoms with Crippen LogP contribution in [0.3, 0.4) is 0 Å². The Morgan fingerprint density at radius 1 is 0.397 bits per heavy atom. The highest BCUT2D eigenvalue weighted by atomic mass is 15.1. The van der Waals surface area contributed by atoms with E-state index in [0.29, 0.717) is 0 Å². The summed E-state index contributed by atoms with van der Waals surface area (Å²) in [6.45, 7) is 6.89. The summed E-state index contributed by atoms with van der Waals surface area (Å²) >= 11 is 0. The number of para-hydroxylation sites is 3. The third kappa shape index (κ3) is 6.15. The second kappa shape index (κ2) is 14.4. The summed E-state index contributed by atoms with van der Waals surface area (Å²) in [6.07, 6.45) is 0. The fourth-order valence-electron chi connectivity index (χ4n) is 8.73. The van der Waals surface area contributed by atoms with Crippen molar-refractivity contribution in [3.05, 3.63) is 218 Å². The molecule has 0 atom stereocenters. The summed E-state index contributed by atoms with van der Waals surface area (Å²) in [5.41, 5.74) is 15.3. The number of benzene rings is 9. The van der Waals surface area contributed by atoms with Crippen LogP contribution in [0.4, 0.5) is 17.1 Å². The monoisotopic (exact) mass is 744 g/mol. The molecule has 278 valence electrons. The van der Waals surface area contributed by atoms with Gasteiger partial charge in [-0.3, -0.25) is 0 Å². The van der Waals surface area contributed by atoms with E-state index in [1.807, 2.05) is 0 Å². The molecule has 0 aliphatic heterocycles. The Balaban J connectivity index is 1.29. The van der Waals surface area contributed by atoms with Gasteiger partial charge in [-0.25, -0.2) is 0 Å². The lowest BCUT2D eigenvalue weighted by atomic mass is 9.84. The van der Waals surface area contributed by atoms with Crippen LogP contribution in [0.1, 0.15) is 26.3 Å². The van der Waals surface area contributed by atoms with Gasteiger partial charge in [-0.2, -0.15) is 0 Å². The number of hydrogen-bond donors (Lipinski definition) is 0. The lowest BCUT2D eigenvalue weighted by Gasteiger charge is -2.31. The van der Waals surface area contributed by atoms with Gasteiger partial charge >= 0.3 is 0 Å². The maximum Gasteiger partial charge on any atom is 0.0542 e. The SMILES string of the molecule is CC(C)(C)c1ccc(N(c2ccc3c(c2)c2ccccc2n3-c2ccccc2)c2ccccc2-c2cccc3cccc(-c4ccccc4)c23)c(-c2ccccc2)c1. The Hall–Kier alpha value is -7.16. The Bertz CT molecular complexity index is 3070. The lowest BCUT2D eigenvalue weighted by Crippen LogP contribution is -2.15. The van der Waals surface area contributed by atoms with Crippen LogP contribution in [-0.2, 0) is 5.41 Å². The maximum absolute atomic E-state index is 2.50. The minimum Gasteiger partial charge on any atom is -0.309 e. The first-order chi connectivity index (χ1) is 28.4. The predicted octanol–water partition coefficient (Wildman–Crippen LogP) is 15.7. The van der Waals surface area contributed by atoms with Crippen LogP contribution in [0.25, 0.3) is 71.6 Å². The quantitative estimate of drug-likeness (QED) is 0.158. The van der Waals surface area contributed by atoms with Crippen molar-refractivity contribution in [2.75, 3.05) is 4.90 Å². The normalized spacial score (nSPS) is 11.7. The number of aromatic nitrogens is 1. The third-order valence-corrected chi connectivity index (χ3v) is 11.5. The summed E-state index contributed by atoms with van der Waals surface area (Å²) in [7, 11) is 0. The van der Waals surface area contributed by atoms with Gasteiger partial charge < -0.3 is 9.47 Å². The van der Waals surface area contributed by atoms with Crippen molar-refractivity contribution in [3.8, 4) is 39.1 Å². The Morgan fingerprint density at radius 3 is 1.69 bits per heavy atom. The van der Waals surface area contributed by atoms with E-state index in [-0.39, 0.29) is 5.41 Å². The zero-order chi connectivity index (χ0) is 39.2. The van der Waals surface area contributed by atoms with Gasteiger partial charge in [0.05, 0.1) is 22.4 Å². The van der Waals surface area contributed by atoms with Gasteiger partial charge in [0, 0.05) is 33.3 Å². The summed E-state index contributed by atoms with van der Waals surface area (Å²) in [6, 6.07) is 77.6. The maximum atomic E-state index is 2.50. The molecule has 0 fully saturated rings. The number of anilines is 3. The molecule has 2 nitrogen and oxygen atoms in total. The number of hydrogen-bond acceptors (Lipinski definition) is 1. The summed E-state index contributed by atoms with van der Waals surface area (Å²) in [5.74, 6) is 0. The van der Waals surface area contributed by atoms with E-state index in [0.717, 1.165) is 22.7 Å². The molecule has 1 heterocycles. The molecule has 0 unspecified atom stereocenters. The third-order valence-electron chi connectivity index (χ3n) is 11.5. The molecule has 10 rings (SSSR count). The van der Waals surface area contributed by atoms with Crippen LogP contribution in [0.5, 0.6) is 0 Å². The van der Waals surface area contributed by atoms with Crippen molar-refractivity contribution >= 4 is 49.6 Å². The first-order valence-corrected chi connectivity index (χ1v) is 20.2. The van der Waals surface area contributed by atoms with E-state index in [1.54, 1.807) is 0 Å². The molecule has 2 heteroatoms. The minimum atomic E-state index is -0.0280. The van der Waals surface area contributed by atoms with Crippen molar-refractivity contribution in [2.24, 2.45) is 0 Å². The molecule has 10 aromatic rings. The number of fused-ring (bicyclic) bond motifs is 4. The fraction of sp³-hybridized carbons (Fsp3) is 0.0714. The molecule has 1 aromatic heterocycles. The van der Waals surface area contributed by atoms with Crippen LogP contribution in [0, 0.1) is 0 Å². The standard InChI is InChI=1S/C56H44N2/c1-56(2,3)42-33-35-53(49(37-42)40-21-9-5-10-22-40)58(44-34-36-54-50(38-44)47-28-14-16-32-52(47)57(54)43-25-11-6-12-26-43)51-31-15-13-27-46(51)48-30-18-24-41-23-17-29-45(55(41)48)39-19-7-4-8-20-39/h4-38H,1-3H3. The highest BCUT2D eigenvalue weighted by Crippen LogP contribution is 2.49. The molecule has 0 bridgehead atoms. The Kier molecular flexibility index (Phi) is 8.76. The largest absolute Gasteiger partial charge is 0.309 e. The summed E-state index contributed by atoms with van der Waals surface area (Å²) in [5, 5.41) is 4.90. The number of rotatable bonds is 7. The lowest BCUT2D eigenvalue weighted by molar-refractivity contribution is 0.590. The zero-order valence-electron chi connectivity index (χ0n) is 33.1. The number of nitrogens with zero attached hydrogens (tertiary/aromatic N) is 2. The van der Waals surface area contributed by atoms with Crippen LogP contribution in [0.15, 0.2) is 212 Å². The van der Waals surface area contributed by atoms with E-state index in [9.17, 15) is 0 Å². The molecule has 0 radical (unpaired) electrons. The highest BCUT2D eigenvalue weighted by molar-refractivity contribution is 6.12. The van der Waals surface area contributed by atoms with Crippen molar-refractivity contribution in [2.45, 2.75) is 26.2 Å². The molecule has 58 heavy (non-hydrogen) atoms. The molecular weight excluding hydrogens is 701 g/mol. The molecule has 9 aromatic carbocycles. The molecule has 0 spiro atoms. The molecule has 0 aliphatic carbocycles. The molecule has 0 amide bonds. The van der Waals surface area contributed by atoms with Gasteiger partial charge in [-0.15, -0.1) is 0 Å². The van der Waals surface area contributed by atoms with Gasteiger partial charge in [-0.1, -0.05) is 178 Å². The van der Waals surface area contributed by atoms with Crippen LogP contribution < -0.4 is 4.90 Å². The van der Waals surface area contributed by atoms with Crippen molar-refractivity contribution in [3.63, 3.8) is 0 Å². The Labute approximate surface area is 340 Å². The van der Waals surface area contributed by atoms with Crippen LogP contribution in [0.2, 0.25) is 0 Å². The smallest absolute Gasteiger partial charge is 0.0542 e. The molecule has 0 N–H and O–H groups in total. The first kappa shape index (κ1) is 35.3. The van der Waals surface area contributed by atoms with Gasteiger partial charge in [0.2, 0.25) is 0 Å². The first-order valence-electron chi connectivity index (χ1n) is 20.2. The van der Waals surface area contributed by atoms with Crippen molar-refractivity contribution < 1.29 is 0 Å². The van der Waals surface area contributed by atoms with E-state index in [4.69, 9.17) is 0 Å². The van der Waals surface area contributed by atoms with Gasteiger partial charge in [-0.05, 0) is 98.6 Å². The van der Waals surface area contributed by atoms with E-state index in [2.05, 4.69) is 243 Å². The van der Waals surface area contributed by atoms with E-state index >= 15 is 0 Å². The average Bonchev–Trinajstić information content (AvgIpc) is 3.61. The second-order valence-electron chi connectivity index (χ2n) is 16.2. The fourth-order valence-corrected chi connectivity index (χ4v) is 8.73. The molecular formula is C56H44N2. The summed E-state index contributed by atoms with van der Waals surface area (Å²) < 4.78 is 2.39. The topological polar surface area (TPSA) is 8.17 Å². The summed E-state index contributed by atoms with van der Waals surface area (Å²) in [4.78, 5) is 2.50. The van der Waals surface area contributed by atoms with E-state index < -0.39 is 0 Å². The highest BCUT2D eigenvalue weighted by Gasteiger charge is 2.25. The molecule has 0 saturated carbocycles. The van der Waals surface area contributed by atoms with Crippen LogP contribution >= 0.6 is 0 Å². The molecule has 0 aliphatic rings. The Morgan fingerprint density at radius 2 is 0.966 bits per heavy atom. The van der Waals surface area contributed by atoms with E-state index in [1.165, 1.54) is 71.5 Å². The minimum absolute atomic E-state index is 0.0280. The van der Waals surface area contributed by atoms with Crippen molar-refractivity contribution in [1.29, 1.82) is 0 Å². The van der Waals surface area contributed by atoms with Gasteiger partial charge in [0.15, 0.2) is 0 Å². The zero-order valence-corrected chi connectivity index (χ0v) is 33.1. The second-order valence-corrected chi connectivity index (χ2v) is 16.2.